The summed E-state index contributed by atoms with van der Waals surface area (Å²) >= 11 is 8.09. The van der Waals surface area contributed by atoms with Gasteiger partial charge >= 0.3 is 0 Å². The number of rotatable bonds is 5. The SMILES string of the molecule is Cc1cc(Br)c(NC(=O)CSc2nnc(-c3ccncc3)o2)c(Br)c1. The van der Waals surface area contributed by atoms with E-state index in [0.29, 0.717) is 16.8 Å². The molecule has 0 aliphatic carbocycles. The van der Waals surface area contributed by atoms with Crippen LogP contribution in [0.1, 0.15) is 5.56 Å². The first-order valence-electron chi connectivity index (χ1n) is 7.15. The summed E-state index contributed by atoms with van der Waals surface area (Å²) in [6, 6.07) is 7.43. The van der Waals surface area contributed by atoms with E-state index in [1.54, 1.807) is 24.5 Å². The fourth-order valence-corrected chi connectivity index (χ4v) is 4.18. The van der Waals surface area contributed by atoms with Gasteiger partial charge in [0.2, 0.25) is 11.8 Å². The van der Waals surface area contributed by atoms with Gasteiger partial charge in [0.05, 0.1) is 11.4 Å². The third kappa shape index (κ3) is 4.68. The molecule has 0 spiro atoms. The Kier molecular flexibility index (Phi) is 5.87. The molecule has 25 heavy (non-hydrogen) atoms. The lowest BCUT2D eigenvalue weighted by atomic mass is 10.2. The zero-order valence-corrected chi connectivity index (χ0v) is 17.0. The van der Waals surface area contributed by atoms with Crippen LogP contribution in [0.2, 0.25) is 0 Å². The van der Waals surface area contributed by atoms with Crippen LogP contribution in [0.3, 0.4) is 0 Å². The molecule has 3 aromatic rings. The number of aromatic nitrogens is 3. The molecule has 0 atom stereocenters. The number of amides is 1. The van der Waals surface area contributed by atoms with Crippen molar-refractivity contribution in [3.63, 3.8) is 0 Å². The number of nitrogens with one attached hydrogen (secondary N) is 1. The van der Waals surface area contributed by atoms with Crippen molar-refractivity contribution in [1.82, 2.24) is 15.2 Å². The van der Waals surface area contributed by atoms with Crippen LogP contribution >= 0.6 is 43.6 Å². The number of benzene rings is 1. The van der Waals surface area contributed by atoms with Gasteiger partial charge in [-0.25, -0.2) is 0 Å². The molecule has 0 saturated carbocycles. The molecule has 1 aromatic carbocycles. The predicted molar refractivity (Wildman–Crippen MR) is 103 cm³/mol. The number of thioether (sulfide) groups is 1. The Hall–Kier alpha value is -1.71. The molecule has 9 heteroatoms. The largest absolute Gasteiger partial charge is 0.411 e. The molecule has 0 aliphatic heterocycles. The van der Waals surface area contributed by atoms with E-state index in [1.807, 2.05) is 19.1 Å². The highest BCUT2D eigenvalue weighted by Gasteiger charge is 2.13. The number of halogens is 2. The maximum absolute atomic E-state index is 12.2. The van der Waals surface area contributed by atoms with E-state index in [2.05, 4.69) is 52.4 Å². The highest BCUT2D eigenvalue weighted by atomic mass is 79.9. The molecule has 3 rings (SSSR count). The molecule has 1 N–H and O–H groups in total. The van der Waals surface area contributed by atoms with Crippen LogP contribution in [0.25, 0.3) is 11.5 Å². The summed E-state index contributed by atoms with van der Waals surface area (Å²) in [4.78, 5) is 16.1. The van der Waals surface area contributed by atoms with Crippen molar-refractivity contribution in [2.75, 3.05) is 11.1 Å². The molecule has 128 valence electrons. The van der Waals surface area contributed by atoms with Gasteiger partial charge in [0.25, 0.3) is 5.22 Å². The van der Waals surface area contributed by atoms with Crippen molar-refractivity contribution >= 4 is 55.2 Å². The van der Waals surface area contributed by atoms with Crippen molar-refractivity contribution < 1.29 is 9.21 Å². The molecule has 0 aliphatic rings. The zero-order chi connectivity index (χ0) is 17.8. The van der Waals surface area contributed by atoms with Crippen LogP contribution < -0.4 is 5.32 Å². The summed E-state index contributed by atoms with van der Waals surface area (Å²) in [5, 5.41) is 11.1. The average Bonchev–Trinajstić information content (AvgIpc) is 3.06. The van der Waals surface area contributed by atoms with Crippen molar-refractivity contribution in [2.24, 2.45) is 0 Å². The average molecular weight is 484 g/mol. The molecular formula is C16H12Br2N4O2S. The normalized spacial score (nSPS) is 10.7. The van der Waals surface area contributed by atoms with E-state index in [1.165, 1.54) is 11.8 Å². The number of anilines is 1. The standard InChI is InChI=1S/C16H12Br2N4O2S/c1-9-6-11(17)14(12(18)7-9)20-13(23)8-25-16-22-21-15(24-16)10-2-4-19-5-3-10/h2-7H,8H2,1H3,(H,20,23). The summed E-state index contributed by atoms with van der Waals surface area (Å²) in [5.41, 5.74) is 2.56. The molecule has 0 bridgehead atoms. The highest BCUT2D eigenvalue weighted by molar-refractivity contribution is 9.11. The number of hydrogen-bond donors (Lipinski definition) is 1. The molecule has 0 unspecified atom stereocenters. The summed E-state index contributed by atoms with van der Waals surface area (Å²) in [7, 11) is 0. The third-order valence-corrected chi connectivity index (χ3v) is 5.18. The summed E-state index contributed by atoms with van der Waals surface area (Å²) in [6.45, 7) is 1.98. The van der Waals surface area contributed by atoms with Crippen LogP contribution in [-0.2, 0) is 4.79 Å². The summed E-state index contributed by atoms with van der Waals surface area (Å²) in [5.74, 6) is 0.387. The predicted octanol–water partition coefficient (Wildman–Crippen LogP) is 4.70. The lowest BCUT2D eigenvalue weighted by Crippen LogP contribution is -2.15. The Bertz CT molecular complexity index is 879. The molecule has 0 fully saturated rings. The van der Waals surface area contributed by atoms with Gasteiger partial charge in [0.1, 0.15) is 0 Å². The molecule has 2 heterocycles. The molecule has 2 aromatic heterocycles. The van der Waals surface area contributed by atoms with E-state index in [-0.39, 0.29) is 11.7 Å². The number of carbonyl (C=O) groups is 1. The third-order valence-electron chi connectivity index (χ3n) is 3.11. The number of hydrogen-bond acceptors (Lipinski definition) is 6. The van der Waals surface area contributed by atoms with Crippen molar-refractivity contribution in [3.05, 3.63) is 51.2 Å². The number of aryl methyl sites for hydroxylation is 1. The van der Waals surface area contributed by atoms with E-state index < -0.39 is 0 Å². The molecule has 6 nitrogen and oxygen atoms in total. The van der Waals surface area contributed by atoms with Crippen LogP contribution in [0.5, 0.6) is 0 Å². The van der Waals surface area contributed by atoms with Gasteiger partial charge in [-0.2, -0.15) is 0 Å². The first kappa shape index (κ1) is 18.1. The first-order valence-corrected chi connectivity index (χ1v) is 9.72. The molecular weight excluding hydrogens is 472 g/mol. The Labute approximate surface area is 165 Å². The molecule has 0 saturated heterocycles. The fourth-order valence-electron chi connectivity index (χ4n) is 2.00. The lowest BCUT2D eigenvalue weighted by Gasteiger charge is -2.10. The molecule has 0 radical (unpaired) electrons. The Morgan fingerprint density at radius 3 is 2.56 bits per heavy atom. The smallest absolute Gasteiger partial charge is 0.277 e. The van der Waals surface area contributed by atoms with Gasteiger partial charge in [-0.3, -0.25) is 9.78 Å². The minimum Gasteiger partial charge on any atom is -0.411 e. The minimum atomic E-state index is -0.168. The maximum atomic E-state index is 12.2. The number of carbonyl (C=O) groups excluding carboxylic acids is 1. The van der Waals surface area contributed by atoms with Crippen LogP contribution in [0.15, 0.2) is 55.2 Å². The van der Waals surface area contributed by atoms with Crippen LogP contribution in [-0.4, -0.2) is 26.8 Å². The van der Waals surface area contributed by atoms with E-state index in [9.17, 15) is 4.79 Å². The van der Waals surface area contributed by atoms with Gasteiger partial charge in [0.15, 0.2) is 0 Å². The van der Waals surface area contributed by atoms with Crippen LogP contribution in [0, 0.1) is 6.92 Å². The number of pyridine rings is 1. The second-order valence-electron chi connectivity index (χ2n) is 5.05. The number of nitrogens with zero attached hydrogens (tertiary/aromatic N) is 3. The van der Waals surface area contributed by atoms with Crippen LogP contribution in [0.4, 0.5) is 5.69 Å². The summed E-state index contributed by atoms with van der Waals surface area (Å²) in [6.07, 6.45) is 3.30. The van der Waals surface area contributed by atoms with Gasteiger partial charge in [-0.05, 0) is 68.6 Å². The maximum Gasteiger partial charge on any atom is 0.277 e. The van der Waals surface area contributed by atoms with Crippen molar-refractivity contribution in [3.8, 4) is 11.5 Å². The van der Waals surface area contributed by atoms with Gasteiger partial charge in [-0.1, -0.05) is 11.8 Å². The van der Waals surface area contributed by atoms with Gasteiger partial charge in [0, 0.05) is 26.9 Å². The quantitative estimate of drug-likeness (QED) is 0.530. The highest BCUT2D eigenvalue weighted by Crippen LogP contribution is 2.32. The topological polar surface area (TPSA) is 80.9 Å². The van der Waals surface area contributed by atoms with Gasteiger partial charge < -0.3 is 9.73 Å². The van der Waals surface area contributed by atoms with E-state index in [4.69, 9.17) is 4.42 Å². The Morgan fingerprint density at radius 1 is 1.20 bits per heavy atom. The monoisotopic (exact) mass is 482 g/mol. The summed E-state index contributed by atoms with van der Waals surface area (Å²) < 4.78 is 7.18. The fraction of sp³-hybridized carbons (Fsp3) is 0.125. The second kappa shape index (κ2) is 8.11. The first-order chi connectivity index (χ1) is 12.0. The van der Waals surface area contributed by atoms with Gasteiger partial charge in [-0.15, -0.1) is 10.2 Å². The second-order valence-corrected chi connectivity index (χ2v) is 7.68. The van der Waals surface area contributed by atoms with Crippen molar-refractivity contribution in [1.29, 1.82) is 0 Å². The van der Waals surface area contributed by atoms with E-state index in [0.717, 1.165) is 20.1 Å². The Morgan fingerprint density at radius 2 is 1.88 bits per heavy atom. The lowest BCUT2D eigenvalue weighted by molar-refractivity contribution is -0.113. The Balaban J connectivity index is 1.61. The molecule has 1 amide bonds. The minimum absolute atomic E-state index is 0.157. The zero-order valence-electron chi connectivity index (χ0n) is 13.0. The van der Waals surface area contributed by atoms with Crippen molar-refractivity contribution in [2.45, 2.75) is 12.1 Å². The van der Waals surface area contributed by atoms with E-state index >= 15 is 0 Å².